The molecule has 0 bridgehead atoms. The highest BCUT2D eigenvalue weighted by Gasteiger charge is 2.14. The SMILES string of the molecule is Cc1nn(CC(=O)c2ccccc2)c(=O)c(C#N)c1C. The minimum absolute atomic E-state index is 0.0401. The minimum Gasteiger partial charge on any atom is -0.292 e. The standard InChI is InChI=1S/C15H13N3O2/c1-10-11(2)17-18(15(20)13(10)8-16)9-14(19)12-6-4-3-5-7-12/h3-7H,9H2,1-2H3. The molecule has 0 aliphatic heterocycles. The van der Waals surface area contributed by atoms with Crippen molar-refractivity contribution in [1.29, 1.82) is 5.26 Å². The van der Waals surface area contributed by atoms with E-state index >= 15 is 0 Å². The van der Waals surface area contributed by atoms with Crippen LogP contribution in [0.15, 0.2) is 35.1 Å². The van der Waals surface area contributed by atoms with Crippen molar-refractivity contribution in [2.45, 2.75) is 20.4 Å². The molecular weight excluding hydrogens is 254 g/mol. The third-order valence-corrected chi connectivity index (χ3v) is 3.14. The van der Waals surface area contributed by atoms with Crippen LogP contribution in [0.5, 0.6) is 0 Å². The second-order valence-corrected chi connectivity index (χ2v) is 4.45. The maximum Gasteiger partial charge on any atom is 0.285 e. The Hall–Kier alpha value is -2.74. The first-order valence-corrected chi connectivity index (χ1v) is 6.11. The van der Waals surface area contributed by atoms with Crippen LogP contribution in [-0.2, 0) is 6.54 Å². The molecule has 0 N–H and O–H groups in total. The van der Waals surface area contributed by atoms with Crippen molar-refractivity contribution < 1.29 is 4.79 Å². The van der Waals surface area contributed by atoms with Crippen LogP contribution in [0.1, 0.15) is 27.2 Å². The summed E-state index contributed by atoms with van der Waals surface area (Å²) in [4.78, 5) is 24.1. The molecule has 1 aromatic carbocycles. The smallest absolute Gasteiger partial charge is 0.285 e. The number of ketones is 1. The Labute approximate surface area is 116 Å². The average Bonchev–Trinajstić information content (AvgIpc) is 2.46. The van der Waals surface area contributed by atoms with Crippen LogP contribution in [0, 0.1) is 25.2 Å². The van der Waals surface area contributed by atoms with Gasteiger partial charge in [-0.1, -0.05) is 30.3 Å². The number of rotatable bonds is 3. The van der Waals surface area contributed by atoms with Crippen LogP contribution < -0.4 is 5.56 Å². The summed E-state index contributed by atoms with van der Waals surface area (Å²) in [5, 5.41) is 13.1. The Morgan fingerprint density at radius 1 is 1.30 bits per heavy atom. The number of carbonyl (C=O) groups is 1. The molecule has 0 saturated heterocycles. The highest BCUT2D eigenvalue weighted by molar-refractivity contribution is 5.95. The quantitative estimate of drug-likeness (QED) is 0.792. The molecule has 5 nitrogen and oxygen atoms in total. The molecule has 0 atom stereocenters. The maximum atomic E-state index is 12.1. The van der Waals surface area contributed by atoms with Crippen LogP contribution >= 0.6 is 0 Å². The number of Topliss-reactive ketones (excluding diaryl/α,β-unsaturated/α-hetero) is 1. The largest absolute Gasteiger partial charge is 0.292 e. The van der Waals surface area contributed by atoms with Gasteiger partial charge in [-0.25, -0.2) is 4.68 Å². The molecule has 0 fully saturated rings. The topological polar surface area (TPSA) is 75.8 Å². The second-order valence-electron chi connectivity index (χ2n) is 4.45. The summed E-state index contributed by atoms with van der Waals surface area (Å²) in [6, 6.07) is 10.6. The van der Waals surface area contributed by atoms with Gasteiger partial charge in [-0.2, -0.15) is 10.4 Å². The van der Waals surface area contributed by atoms with Crippen molar-refractivity contribution in [3.8, 4) is 6.07 Å². The van der Waals surface area contributed by atoms with E-state index < -0.39 is 5.56 Å². The predicted octanol–water partition coefficient (Wildman–Crippen LogP) is 1.61. The lowest BCUT2D eigenvalue weighted by atomic mass is 10.1. The average molecular weight is 267 g/mol. The highest BCUT2D eigenvalue weighted by Crippen LogP contribution is 2.06. The van der Waals surface area contributed by atoms with Gasteiger partial charge in [0, 0.05) is 5.56 Å². The van der Waals surface area contributed by atoms with Crippen molar-refractivity contribution in [1.82, 2.24) is 9.78 Å². The van der Waals surface area contributed by atoms with Crippen molar-refractivity contribution >= 4 is 5.78 Å². The zero-order chi connectivity index (χ0) is 14.7. The van der Waals surface area contributed by atoms with E-state index in [1.165, 1.54) is 0 Å². The molecule has 20 heavy (non-hydrogen) atoms. The first kappa shape index (κ1) is 13.7. The fraction of sp³-hybridized carbons (Fsp3) is 0.200. The molecule has 0 radical (unpaired) electrons. The lowest BCUT2D eigenvalue weighted by Gasteiger charge is -2.08. The third-order valence-electron chi connectivity index (χ3n) is 3.14. The number of benzene rings is 1. The zero-order valence-corrected chi connectivity index (χ0v) is 11.3. The summed E-state index contributed by atoms with van der Waals surface area (Å²) in [7, 11) is 0. The van der Waals surface area contributed by atoms with E-state index in [-0.39, 0.29) is 17.9 Å². The molecule has 100 valence electrons. The van der Waals surface area contributed by atoms with Gasteiger partial charge >= 0.3 is 0 Å². The molecule has 2 aromatic rings. The molecule has 0 saturated carbocycles. The van der Waals surface area contributed by atoms with Gasteiger partial charge in [-0.3, -0.25) is 9.59 Å². The molecule has 0 unspecified atom stereocenters. The van der Waals surface area contributed by atoms with Gasteiger partial charge < -0.3 is 0 Å². The molecule has 0 amide bonds. The molecule has 0 spiro atoms. The lowest BCUT2D eigenvalue weighted by Crippen LogP contribution is -2.30. The maximum absolute atomic E-state index is 12.1. The number of hydrogen-bond donors (Lipinski definition) is 0. The monoisotopic (exact) mass is 267 g/mol. The Bertz CT molecular complexity index is 755. The van der Waals surface area contributed by atoms with Gasteiger partial charge in [0.2, 0.25) is 0 Å². The van der Waals surface area contributed by atoms with Crippen molar-refractivity contribution in [2.75, 3.05) is 0 Å². The first-order valence-electron chi connectivity index (χ1n) is 6.11. The van der Waals surface area contributed by atoms with Gasteiger partial charge in [-0.15, -0.1) is 0 Å². The van der Waals surface area contributed by atoms with Gasteiger partial charge in [0.1, 0.15) is 18.2 Å². The number of aryl methyl sites for hydroxylation is 1. The third kappa shape index (κ3) is 2.50. The molecule has 2 rings (SSSR count). The van der Waals surface area contributed by atoms with Gasteiger partial charge in [0.15, 0.2) is 5.78 Å². The number of nitrogens with zero attached hydrogens (tertiary/aromatic N) is 3. The summed E-state index contributed by atoms with van der Waals surface area (Å²) >= 11 is 0. The molecular formula is C15H13N3O2. The van der Waals surface area contributed by atoms with E-state index in [2.05, 4.69) is 5.10 Å². The van der Waals surface area contributed by atoms with Gasteiger partial charge in [0.05, 0.1) is 5.69 Å². The van der Waals surface area contributed by atoms with E-state index in [4.69, 9.17) is 5.26 Å². The summed E-state index contributed by atoms with van der Waals surface area (Å²) in [5.41, 5.74) is 1.15. The highest BCUT2D eigenvalue weighted by atomic mass is 16.1. The summed E-state index contributed by atoms with van der Waals surface area (Å²) in [5.74, 6) is -0.215. The molecule has 1 aromatic heterocycles. The summed E-state index contributed by atoms with van der Waals surface area (Å²) in [6.45, 7) is 3.21. The Balaban J connectivity index is 2.41. The number of hydrogen-bond acceptors (Lipinski definition) is 4. The van der Waals surface area contributed by atoms with Gasteiger partial charge in [0.25, 0.3) is 5.56 Å². The van der Waals surface area contributed by atoms with Crippen LogP contribution in [0.4, 0.5) is 0 Å². The molecule has 5 heteroatoms. The van der Waals surface area contributed by atoms with Crippen LogP contribution in [-0.4, -0.2) is 15.6 Å². The Kier molecular flexibility index (Phi) is 3.76. The van der Waals surface area contributed by atoms with E-state index in [0.29, 0.717) is 16.8 Å². The number of nitriles is 1. The van der Waals surface area contributed by atoms with Crippen LogP contribution in [0.25, 0.3) is 0 Å². The van der Waals surface area contributed by atoms with E-state index in [0.717, 1.165) is 4.68 Å². The Morgan fingerprint density at radius 3 is 2.55 bits per heavy atom. The first-order chi connectivity index (χ1) is 9.54. The summed E-state index contributed by atoms with van der Waals surface area (Å²) in [6.07, 6.45) is 0. The van der Waals surface area contributed by atoms with Crippen LogP contribution in [0.2, 0.25) is 0 Å². The van der Waals surface area contributed by atoms with Crippen molar-refractivity contribution in [3.05, 3.63) is 63.1 Å². The zero-order valence-electron chi connectivity index (χ0n) is 11.3. The normalized spacial score (nSPS) is 10.1. The lowest BCUT2D eigenvalue weighted by molar-refractivity contribution is 0.0965. The van der Waals surface area contributed by atoms with E-state index in [1.54, 1.807) is 38.1 Å². The van der Waals surface area contributed by atoms with Crippen molar-refractivity contribution in [2.24, 2.45) is 0 Å². The second kappa shape index (κ2) is 5.49. The molecule has 0 aliphatic rings. The minimum atomic E-state index is -0.528. The van der Waals surface area contributed by atoms with Crippen LogP contribution in [0.3, 0.4) is 0 Å². The number of aromatic nitrogens is 2. The summed E-state index contributed by atoms with van der Waals surface area (Å²) < 4.78 is 1.05. The number of carbonyl (C=O) groups excluding carboxylic acids is 1. The predicted molar refractivity (Wildman–Crippen MR) is 73.5 cm³/mol. The molecule has 0 aliphatic carbocycles. The Morgan fingerprint density at radius 2 is 1.95 bits per heavy atom. The van der Waals surface area contributed by atoms with Gasteiger partial charge in [-0.05, 0) is 19.4 Å². The fourth-order valence-electron chi connectivity index (χ4n) is 1.86. The van der Waals surface area contributed by atoms with Crippen molar-refractivity contribution in [3.63, 3.8) is 0 Å². The fourth-order valence-corrected chi connectivity index (χ4v) is 1.86. The molecule has 1 heterocycles. The van der Waals surface area contributed by atoms with E-state index in [1.807, 2.05) is 12.1 Å². The van der Waals surface area contributed by atoms with E-state index in [9.17, 15) is 9.59 Å².